The third-order valence-electron chi connectivity index (χ3n) is 7.66. The monoisotopic (exact) mass is 665 g/mol. The number of rotatable bonds is 13. The first-order valence-electron chi connectivity index (χ1n) is 14.7. The molecule has 0 spiro atoms. The normalized spacial score (nSPS) is 12.6. The van der Waals surface area contributed by atoms with Crippen LogP contribution in [-0.4, -0.2) is 43.8 Å². The number of amides is 2. The molecule has 4 aromatic rings. The second kappa shape index (κ2) is 15.4. The average molecular weight is 667 g/mol. The number of anilines is 1. The van der Waals surface area contributed by atoms with Crippen molar-refractivity contribution in [2.75, 3.05) is 10.8 Å². The van der Waals surface area contributed by atoms with Crippen LogP contribution in [0.15, 0.2) is 108 Å². The quantitative estimate of drug-likeness (QED) is 0.166. The summed E-state index contributed by atoms with van der Waals surface area (Å²) < 4.78 is 29.3. The third-order valence-corrected chi connectivity index (χ3v) is 10.1. The zero-order valence-corrected chi connectivity index (χ0v) is 27.8. The van der Waals surface area contributed by atoms with E-state index in [0.29, 0.717) is 33.3 Å². The minimum Gasteiger partial charge on any atom is -0.352 e. The molecule has 0 fully saturated rings. The molecule has 0 saturated carbocycles. The maximum Gasteiger partial charge on any atom is 0.264 e. The molecule has 4 rings (SSSR count). The molecule has 0 bridgehead atoms. The zero-order valence-electron chi connectivity index (χ0n) is 25.5. The van der Waals surface area contributed by atoms with E-state index in [0.717, 1.165) is 9.87 Å². The van der Waals surface area contributed by atoms with E-state index in [9.17, 15) is 18.0 Å². The van der Waals surface area contributed by atoms with Crippen LogP contribution in [0, 0.1) is 6.92 Å². The molecule has 1 N–H and O–H groups in total. The molecule has 236 valence electrons. The highest BCUT2D eigenvalue weighted by Crippen LogP contribution is 2.30. The number of para-hydroxylation sites is 1. The van der Waals surface area contributed by atoms with Gasteiger partial charge in [-0.3, -0.25) is 13.9 Å². The van der Waals surface area contributed by atoms with Crippen LogP contribution in [0.1, 0.15) is 37.0 Å². The number of nitrogens with zero attached hydrogens (tertiary/aromatic N) is 2. The van der Waals surface area contributed by atoms with Crippen molar-refractivity contribution < 1.29 is 18.0 Å². The first kappa shape index (κ1) is 34.0. The third kappa shape index (κ3) is 8.45. The number of carbonyl (C=O) groups is 2. The van der Waals surface area contributed by atoms with Crippen LogP contribution >= 0.6 is 23.2 Å². The molecule has 10 heteroatoms. The molecule has 0 heterocycles. The lowest BCUT2D eigenvalue weighted by atomic mass is 10.0. The van der Waals surface area contributed by atoms with Gasteiger partial charge in [-0.05, 0) is 61.7 Å². The first-order chi connectivity index (χ1) is 21.5. The Balaban J connectivity index is 1.85. The van der Waals surface area contributed by atoms with Gasteiger partial charge in [-0.1, -0.05) is 103 Å². The number of aryl methyl sites for hydroxylation is 1. The molecule has 0 aliphatic rings. The summed E-state index contributed by atoms with van der Waals surface area (Å²) in [5.74, 6) is -0.952. The van der Waals surface area contributed by atoms with Crippen LogP contribution < -0.4 is 9.62 Å². The number of halogens is 2. The van der Waals surface area contributed by atoms with Crippen LogP contribution in [-0.2, 0) is 32.6 Å². The van der Waals surface area contributed by atoms with Crippen LogP contribution in [0.2, 0.25) is 10.0 Å². The van der Waals surface area contributed by atoms with E-state index in [1.54, 1.807) is 67.6 Å². The molecule has 0 aliphatic heterocycles. The maximum absolute atomic E-state index is 14.6. The fourth-order valence-electron chi connectivity index (χ4n) is 4.93. The van der Waals surface area contributed by atoms with Crippen molar-refractivity contribution >= 4 is 50.7 Å². The molecule has 7 nitrogen and oxygen atoms in total. The van der Waals surface area contributed by atoms with Crippen LogP contribution in [0.4, 0.5) is 5.69 Å². The summed E-state index contributed by atoms with van der Waals surface area (Å²) >= 11 is 13.2. The molecule has 0 aliphatic carbocycles. The van der Waals surface area contributed by atoms with Crippen LogP contribution in [0.3, 0.4) is 0 Å². The highest BCUT2D eigenvalue weighted by molar-refractivity contribution is 7.92. The number of sulfonamides is 1. The van der Waals surface area contributed by atoms with Gasteiger partial charge in [-0.2, -0.15) is 0 Å². The summed E-state index contributed by atoms with van der Waals surface area (Å²) in [6.07, 6.45) is 0.872. The molecule has 2 atom stereocenters. The van der Waals surface area contributed by atoms with Gasteiger partial charge in [-0.15, -0.1) is 0 Å². The van der Waals surface area contributed by atoms with Crippen molar-refractivity contribution in [3.8, 4) is 0 Å². The Bertz CT molecular complexity index is 1700. The summed E-state index contributed by atoms with van der Waals surface area (Å²) in [7, 11) is -4.19. The van der Waals surface area contributed by atoms with Gasteiger partial charge < -0.3 is 10.2 Å². The Morgan fingerprint density at radius 2 is 1.40 bits per heavy atom. The first-order valence-corrected chi connectivity index (χ1v) is 16.9. The summed E-state index contributed by atoms with van der Waals surface area (Å²) in [5.41, 5.74) is 2.31. The lowest BCUT2D eigenvalue weighted by Crippen LogP contribution is -2.54. The lowest BCUT2D eigenvalue weighted by molar-refractivity contribution is -0.140. The average Bonchev–Trinajstić information content (AvgIpc) is 3.03. The van der Waals surface area contributed by atoms with Crippen molar-refractivity contribution in [2.45, 2.75) is 57.1 Å². The zero-order chi connectivity index (χ0) is 32.6. The van der Waals surface area contributed by atoms with Gasteiger partial charge in [0.1, 0.15) is 12.6 Å². The van der Waals surface area contributed by atoms with Gasteiger partial charge >= 0.3 is 0 Å². The van der Waals surface area contributed by atoms with Gasteiger partial charge in [0.25, 0.3) is 10.0 Å². The van der Waals surface area contributed by atoms with Gasteiger partial charge in [0, 0.05) is 34.6 Å². The molecular weight excluding hydrogens is 629 g/mol. The van der Waals surface area contributed by atoms with Gasteiger partial charge in [0.15, 0.2) is 0 Å². The fourth-order valence-corrected chi connectivity index (χ4v) is 6.94. The van der Waals surface area contributed by atoms with Gasteiger partial charge in [0.2, 0.25) is 11.8 Å². The maximum atomic E-state index is 14.6. The SMILES string of the molecule is CC[C@@H](C)NC(=O)[C@H](Cc1ccccc1)N(Cc1c(Cl)cccc1Cl)C(=O)CN(c1ccccc1C)S(=O)(=O)c1ccccc1. The number of nitrogens with one attached hydrogen (secondary N) is 1. The highest BCUT2D eigenvalue weighted by atomic mass is 35.5. The lowest BCUT2D eigenvalue weighted by Gasteiger charge is -2.35. The van der Waals surface area contributed by atoms with Gasteiger partial charge in [-0.25, -0.2) is 8.42 Å². The van der Waals surface area contributed by atoms with Gasteiger partial charge in [0.05, 0.1) is 10.6 Å². The van der Waals surface area contributed by atoms with E-state index in [1.165, 1.54) is 17.0 Å². The predicted molar refractivity (Wildman–Crippen MR) is 181 cm³/mol. The highest BCUT2D eigenvalue weighted by Gasteiger charge is 2.35. The Labute approximate surface area is 275 Å². The second-order valence-corrected chi connectivity index (χ2v) is 13.5. The van der Waals surface area contributed by atoms with Crippen molar-refractivity contribution in [2.24, 2.45) is 0 Å². The fraction of sp³-hybridized carbons (Fsp3) is 0.257. The number of benzene rings is 4. The molecule has 0 saturated heterocycles. The summed E-state index contributed by atoms with van der Waals surface area (Å²) in [6, 6.07) is 28.2. The number of hydrogen-bond donors (Lipinski definition) is 1. The molecule has 4 aromatic carbocycles. The molecule has 0 unspecified atom stereocenters. The van der Waals surface area contributed by atoms with Crippen molar-refractivity contribution in [3.63, 3.8) is 0 Å². The molecule has 0 aromatic heterocycles. The summed E-state index contributed by atoms with van der Waals surface area (Å²) in [6.45, 7) is 4.95. The Morgan fingerprint density at radius 1 is 0.822 bits per heavy atom. The van der Waals surface area contributed by atoms with Crippen molar-refractivity contribution in [3.05, 3.63) is 130 Å². The molecule has 45 heavy (non-hydrogen) atoms. The van der Waals surface area contributed by atoms with Crippen LogP contribution in [0.25, 0.3) is 0 Å². The predicted octanol–water partition coefficient (Wildman–Crippen LogP) is 7.05. The van der Waals surface area contributed by atoms with E-state index in [1.807, 2.05) is 44.2 Å². The second-order valence-electron chi connectivity index (χ2n) is 10.9. The summed E-state index contributed by atoms with van der Waals surface area (Å²) in [4.78, 5) is 30.0. The Morgan fingerprint density at radius 3 is 2.00 bits per heavy atom. The standard InChI is InChI=1S/C35H37Cl2N3O4S/c1-4-26(3)38-35(42)33(22-27-15-7-5-8-16-27)39(23-29-30(36)19-13-20-31(29)37)34(41)24-40(32-21-12-11-14-25(32)2)45(43,44)28-17-9-6-10-18-28/h5-21,26,33H,4,22-24H2,1-3H3,(H,38,42)/t26-,33+/m1/s1. The smallest absolute Gasteiger partial charge is 0.264 e. The van der Waals surface area contributed by atoms with E-state index in [4.69, 9.17) is 23.2 Å². The Hall–Kier alpha value is -3.85. The minimum atomic E-state index is -4.19. The molecular formula is C35H37Cl2N3O4S. The Kier molecular flexibility index (Phi) is 11.7. The topological polar surface area (TPSA) is 86.8 Å². The van der Waals surface area contributed by atoms with E-state index in [-0.39, 0.29) is 29.8 Å². The molecule has 2 amide bonds. The number of hydrogen-bond acceptors (Lipinski definition) is 4. The number of carbonyl (C=O) groups excluding carboxylic acids is 2. The summed E-state index contributed by atoms with van der Waals surface area (Å²) in [5, 5.41) is 3.67. The van der Waals surface area contributed by atoms with Crippen molar-refractivity contribution in [1.82, 2.24) is 10.2 Å². The van der Waals surface area contributed by atoms with E-state index in [2.05, 4.69) is 5.32 Å². The molecule has 0 radical (unpaired) electrons. The van der Waals surface area contributed by atoms with Crippen LogP contribution in [0.5, 0.6) is 0 Å². The van der Waals surface area contributed by atoms with E-state index >= 15 is 0 Å². The minimum absolute atomic E-state index is 0.0390. The van der Waals surface area contributed by atoms with Crippen molar-refractivity contribution in [1.29, 1.82) is 0 Å². The largest absolute Gasteiger partial charge is 0.352 e. The van der Waals surface area contributed by atoms with E-state index < -0.39 is 28.5 Å².